The van der Waals surface area contributed by atoms with Gasteiger partial charge in [-0.25, -0.2) is 8.42 Å². The molecule has 1 saturated heterocycles. The van der Waals surface area contributed by atoms with Crippen molar-refractivity contribution in [2.75, 3.05) is 33.3 Å². The molecular formula is C19H19BrClN3O3S. The number of rotatable bonds is 5. The van der Waals surface area contributed by atoms with Crippen LogP contribution in [0.5, 0.6) is 5.75 Å². The minimum Gasteiger partial charge on any atom is -0.494 e. The lowest BCUT2D eigenvalue weighted by atomic mass is 10.1. The molecule has 1 unspecified atom stereocenters. The van der Waals surface area contributed by atoms with Crippen molar-refractivity contribution in [3.8, 4) is 11.8 Å². The Labute approximate surface area is 178 Å². The van der Waals surface area contributed by atoms with Gasteiger partial charge in [0.15, 0.2) is 5.75 Å². The van der Waals surface area contributed by atoms with Crippen LogP contribution in [0.2, 0.25) is 5.02 Å². The first-order chi connectivity index (χ1) is 13.4. The third kappa shape index (κ3) is 4.19. The van der Waals surface area contributed by atoms with Gasteiger partial charge < -0.3 is 4.74 Å². The van der Waals surface area contributed by atoms with Crippen molar-refractivity contribution in [3.05, 3.63) is 57.5 Å². The Morgan fingerprint density at radius 2 is 1.82 bits per heavy atom. The second kappa shape index (κ2) is 8.80. The Hall–Kier alpha value is -1.63. The van der Waals surface area contributed by atoms with Gasteiger partial charge in [0.1, 0.15) is 10.9 Å². The van der Waals surface area contributed by atoms with Gasteiger partial charge in [-0.3, -0.25) is 4.90 Å². The number of sulfonamides is 1. The van der Waals surface area contributed by atoms with E-state index in [0.717, 1.165) is 5.56 Å². The molecule has 1 aliphatic rings. The van der Waals surface area contributed by atoms with Crippen LogP contribution in [0, 0.1) is 11.3 Å². The summed E-state index contributed by atoms with van der Waals surface area (Å²) in [6, 6.07) is 14.4. The van der Waals surface area contributed by atoms with Gasteiger partial charge in [-0.1, -0.05) is 41.9 Å². The molecule has 0 radical (unpaired) electrons. The highest BCUT2D eigenvalue weighted by molar-refractivity contribution is 9.10. The predicted molar refractivity (Wildman–Crippen MR) is 111 cm³/mol. The fourth-order valence-corrected chi connectivity index (χ4v) is 6.06. The molecule has 0 N–H and O–H groups in total. The Balaban J connectivity index is 1.81. The number of benzene rings is 2. The number of ether oxygens (including phenoxy) is 1. The number of methoxy groups -OCH3 is 1. The predicted octanol–water partition coefficient (Wildman–Crippen LogP) is 3.68. The van der Waals surface area contributed by atoms with Gasteiger partial charge >= 0.3 is 0 Å². The van der Waals surface area contributed by atoms with Crippen molar-refractivity contribution >= 4 is 37.6 Å². The maximum atomic E-state index is 13.2. The van der Waals surface area contributed by atoms with E-state index in [1.54, 1.807) is 6.07 Å². The molecule has 9 heteroatoms. The molecule has 2 aromatic rings. The maximum absolute atomic E-state index is 13.2. The standard InChI is InChI=1S/C19H19BrClN3O3S/c1-27-19-16(20)11-15(21)12-18(19)28(25,26)24-9-7-23(8-10-24)17(13-22)14-5-3-2-4-6-14/h2-6,11-12,17H,7-10H2,1H3. The maximum Gasteiger partial charge on any atom is 0.246 e. The third-order valence-electron chi connectivity index (χ3n) is 4.67. The first-order valence-electron chi connectivity index (χ1n) is 8.60. The van der Waals surface area contributed by atoms with E-state index >= 15 is 0 Å². The number of nitrogens with zero attached hydrogens (tertiary/aromatic N) is 3. The molecule has 0 aliphatic carbocycles. The number of nitriles is 1. The molecule has 2 aromatic carbocycles. The summed E-state index contributed by atoms with van der Waals surface area (Å²) in [5, 5.41) is 9.91. The largest absolute Gasteiger partial charge is 0.494 e. The van der Waals surface area contributed by atoms with Crippen molar-refractivity contribution in [2.45, 2.75) is 10.9 Å². The van der Waals surface area contributed by atoms with Crippen molar-refractivity contribution in [3.63, 3.8) is 0 Å². The van der Waals surface area contributed by atoms with Crippen LogP contribution in [-0.4, -0.2) is 50.9 Å². The summed E-state index contributed by atoms with van der Waals surface area (Å²) in [6.07, 6.45) is 0. The van der Waals surface area contributed by atoms with Crippen LogP contribution in [0.4, 0.5) is 0 Å². The highest BCUT2D eigenvalue weighted by atomic mass is 79.9. The first kappa shape index (κ1) is 21.1. The van der Waals surface area contributed by atoms with E-state index in [0.29, 0.717) is 22.6 Å². The van der Waals surface area contributed by atoms with E-state index in [9.17, 15) is 13.7 Å². The minimum atomic E-state index is -3.79. The van der Waals surface area contributed by atoms with Gasteiger partial charge in [0, 0.05) is 31.2 Å². The minimum absolute atomic E-state index is 0.0303. The van der Waals surface area contributed by atoms with Crippen LogP contribution in [0.15, 0.2) is 51.8 Å². The summed E-state index contributed by atoms with van der Waals surface area (Å²) >= 11 is 9.36. The highest BCUT2D eigenvalue weighted by Gasteiger charge is 2.34. The first-order valence-corrected chi connectivity index (χ1v) is 11.2. The molecule has 3 rings (SSSR count). The van der Waals surface area contributed by atoms with Crippen LogP contribution >= 0.6 is 27.5 Å². The summed E-state index contributed by atoms with van der Waals surface area (Å²) in [5.74, 6) is 0.228. The Morgan fingerprint density at radius 3 is 2.39 bits per heavy atom. The highest BCUT2D eigenvalue weighted by Crippen LogP contribution is 2.37. The molecule has 6 nitrogen and oxygen atoms in total. The zero-order valence-electron chi connectivity index (χ0n) is 15.2. The number of halogens is 2. The summed E-state index contributed by atoms with van der Waals surface area (Å²) in [6.45, 7) is 1.47. The fourth-order valence-electron chi connectivity index (χ4n) is 3.27. The third-order valence-corrected chi connectivity index (χ3v) is 7.38. The quantitative estimate of drug-likeness (QED) is 0.647. The molecule has 1 aliphatic heterocycles. The molecular weight excluding hydrogens is 466 g/mol. The molecule has 0 saturated carbocycles. The molecule has 0 bridgehead atoms. The average Bonchev–Trinajstić information content (AvgIpc) is 2.69. The van der Waals surface area contributed by atoms with Crippen LogP contribution in [0.3, 0.4) is 0 Å². The normalized spacial score (nSPS) is 17.1. The summed E-state index contributed by atoms with van der Waals surface area (Å²) in [4.78, 5) is 2.02. The smallest absolute Gasteiger partial charge is 0.246 e. The SMILES string of the molecule is COc1c(Br)cc(Cl)cc1S(=O)(=O)N1CCN(C(C#N)c2ccccc2)CC1. The zero-order chi connectivity index (χ0) is 20.3. The van der Waals surface area contributed by atoms with Crippen molar-refractivity contribution in [2.24, 2.45) is 0 Å². The number of hydrogen-bond donors (Lipinski definition) is 0. The van der Waals surface area contributed by atoms with Gasteiger partial charge in [-0.15, -0.1) is 0 Å². The molecule has 1 heterocycles. The van der Waals surface area contributed by atoms with Gasteiger partial charge in [0.2, 0.25) is 10.0 Å². The van der Waals surface area contributed by atoms with Crippen LogP contribution in [0.25, 0.3) is 0 Å². The summed E-state index contributed by atoms with van der Waals surface area (Å²) < 4.78 is 33.5. The summed E-state index contributed by atoms with van der Waals surface area (Å²) in [5.41, 5.74) is 0.904. The van der Waals surface area contributed by atoms with E-state index in [2.05, 4.69) is 22.0 Å². The van der Waals surface area contributed by atoms with Crippen LogP contribution in [-0.2, 0) is 10.0 Å². The molecule has 0 aromatic heterocycles. The van der Waals surface area contributed by atoms with Crippen molar-refractivity contribution in [1.29, 1.82) is 5.26 Å². The van der Waals surface area contributed by atoms with E-state index < -0.39 is 16.1 Å². The van der Waals surface area contributed by atoms with Crippen molar-refractivity contribution < 1.29 is 13.2 Å². The van der Waals surface area contributed by atoms with Gasteiger partial charge in [-0.2, -0.15) is 9.57 Å². The molecule has 1 fully saturated rings. The Kier molecular flexibility index (Phi) is 6.63. The lowest BCUT2D eigenvalue weighted by Crippen LogP contribution is -2.49. The lowest BCUT2D eigenvalue weighted by Gasteiger charge is -2.36. The second-order valence-electron chi connectivity index (χ2n) is 6.30. The zero-order valence-corrected chi connectivity index (χ0v) is 18.3. The van der Waals surface area contributed by atoms with Crippen LogP contribution < -0.4 is 4.74 Å². The molecule has 148 valence electrons. The van der Waals surface area contributed by atoms with Gasteiger partial charge in [-0.05, 0) is 33.6 Å². The van der Waals surface area contributed by atoms with Gasteiger partial charge in [0.05, 0.1) is 17.7 Å². The molecule has 1 atom stereocenters. The number of hydrogen-bond acceptors (Lipinski definition) is 5. The van der Waals surface area contributed by atoms with E-state index in [1.165, 1.54) is 17.5 Å². The average molecular weight is 485 g/mol. The topological polar surface area (TPSA) is 73.6 Å². The molecule has 0 amide bonds. The fraction of sp³-hybridized carbons (Fsp3) is 0.316. The lowest BCUT2D eigenvalue weighted by molar-refractivity contribution is 0.162. The van der Waals surface area contributed by atoms with Gasteiger partial charge in [0.25, 0.3) is 0 Å². The second-order valence-corrected chi connectivity index (χ2v) is 9.50. The molecule has 28 heavy (non-hydrogen) atoms. The Bertz CT molecular complexity index is 987. The number of piperazine rings is 1. The van der Waals surface area contributed by atoms with Crippen LogP contribution in [0.1, 0.15) is 11.6 Å². The summed E-state index contributed by atoms with van der Waals surface area (Å²) in [7, 11) is -2.37. The molecule has 0 spiro atoms. The van der Waals surface area contributed by atoms with E-state index in [4.69, 9.17) is 16.3 Å². The monoisotopic (exact) mass is 483 g/mol. The van der Waals surface area contributed by atoms with Crippen molar-refractivity contribution in [1.82, 2.24) is 9.21 Å². The van der Waals surface area contributed by atoms with E-state index in [1.807, 2.05) is 35.2 Å². The van der Waals surface area contributed by atoms with E-state index in [-0.39, 0.29) is 23.7 Å². The Morgan fingerprint density at radius 1 is 1.18 bits per heavy atom.